The van der Waals surface area contributed by atoms with Crippen LogP contribution < -0.4 is 14.8 Å². The van der Waals surface area contributed by atoms with Gasteiger partial charge in [0.1, 0.15) is 5.82 Å². The maximum absolute atomic E-state index is 12.5. The third kappa shape index (κ3) is 6.10. The average molecular weight is 464 g/mol. The lowest BCUT2D eigenvalue weighted by Crippen LogP contribution is -2.26. The number of para-hydroxylation sites is 2. The first-order chi connectivity index (χ1) is 16.7. The van der Waals surface area contributed by atoms with E-state index in [0.29, 0.717) is 24.5 Å². The highest BCUT2D eigenvalue weighted by atomic mass is 16.5. The molecular weight excluding hydrogens is 426 g/mol. The number of carbonyl (C=O) groups excluding carboxylic acids is 1. The quantitative estimate of drug-likeness (QED) is 0.391. The molecule has 6 nitrogen and oxygen atoms in total. The number of nitrogens with one attached hydrogen (secondary N) is 1. The Morgan fingerprint density at radius 2 is 1.85 bits per heavy atom. The summed E-state index contributed by atoms with van der Waals surface area (Å²) < 4.78 is 13.0. The first-order valence-electron chi connectivity index (χ1n) is 12.6. The highest BCUT2D eigenvalue weighted by Gasteiger charge is 2.16. The number of amides is 1. The lowest BCUT2D eigenvalue weighted by molar-refractivity contribution is -0.120. The largest absolute Gasteiger partial charge is 0.493 e. The molecule has 1 saturated carbocycles. The fourth-order valence-electron chi connectivity index (χ4n) is 5.07. The van der Waals surface area contributed by atoms with Crippen LogP contribution >= 0.6 is 0 Å². The second kappa shape index (κ2) is 11.9. The molecule has 0 atom stereocenters. The molecule has 1 fully saturated rings. The number of hydrogen-bond donors (Lipinski definition) is 1. The summed E-state index contributed by atoms with van der Waals surface area (Å²) in [5, 5.41) is 3.06. The maximum atomic E-state index is 12.5. The molecule has 3 aromatic rings. The minimum absolute atomic E-state index is 0.0121. The van der Waals surface area contributed by atoms with Crippen LogP contribution in [0.3, 0.4) is 0 Å². The van der Waals surface area contributed by atoms with E-state index in [4.69, 9.17) is 14.5 Å². The monoisotopic (exact) mass is 463 g/mol. The summed E-state index contributed by atoms with van der Waals surface area (Å²) in [6, 6.07) is 14.0. The number of aryl methyl sites for hydroxylation is 2. The van der Waals surface area contributed by atoms with Crippen LogP contribution in [0, 0.1) is 5.92 Å². The summed E-state index contributed by atoms with van der Waals surface area (Å²) in [7, 11) is 3.21. The Bertz CT molecular complexity index is 1090. The van der Waals surface area contributed by atoms with Gasteiger partial charge in [-0.25, -0.2) is 4.98 Å². The van der Waals surface area contributed by atoms with E-state index in [1.807, 2.05) is 18.2 Å². The van der Waals surface area contributed by atoms with E-state index >= 15 is 0 Å². The Morgan fingerprint density at radius 3 is 2.65 bits per heavy atom. The summed E-state index contributed by atoms with van der Waals surface area (Å²) >= 11 is 0. The van der Waals surface area contributed by atoms with E-state index in [1.165, 1.54) is 44.0 Å². The predicted octanol–water partition coefficient (Wildman–Crippen LogP) is 5.32. The number of fused-ring (bicyclic) bond motifs is 1. The van der Waals surface area contributed by atoms with Gasteiger partial charge in [-0.1, -0.05) is 50.3 Å². The maximum Gasteiger partial charge on any atom is 0.224 e. The number of methoxy groups -OCH3 is 2. The van der Waals surface area contributed by atoms with Gasteiger partial charge < -0.3 is 19.4 Å². The third-order valence-electron chi connectivity index (χ3n) is 6.93. The van der Waals surface area contributed by atoms with E-state index in [9.17, 15) is 4.79 Å². The van der Waals surface area contributed by atoms with E-state index in [-0.39, 0.29) is 5.91 Å². The van der Waals surface area contributed by atoms with Crippen molar-refractivity contribution >= 4 is 16.9 Å². The van der Waals surface area contributed by atoms with Gasteiger partial charge in [0.05, 0.1) is 31.7 Å². The van der Waals surface area contributed by atoms with Crippen molar-refractivity contribution in [1.29, 1.82) is 0 Å². The molecule has 1 amide bonds. The van der Waals surface area contributed by atoms with Gasteiger partial charge in [0.15, 0.2) is 11.5 Å². The predicted molar refractivity (Wildman–Crippen MR) is 136 cm³/mol. The standard InChI is InChI=1S/C28H37N3O3/c1-33-25-15-14-22(19-26(25)34-2)20-28(32)29-17-8-13-27-30-23-11-6-7-12-24(23)31(27)18-16-21-9-4-3-5-10-21/h6-7,11-12,14-15,19,21H,3-5,8-10,13,16-18,20H2,1-2H3,(H,29,32). The van der Waals surface area contributed by atoms with Crippen molar-refractivity contribution < 1.29 is 14.3 Å². The van der Waals surface area contributed by atoms with E-state index in [2.05, 4.69) is 34.1 Å². The Labute approximate surface area is 202 Å². The molecule has 0 saturated heterocycles. The van der Waals surface area contributed by atoms with E-state index in [1.54, 1.807) is 14.2 Å². The molecule has 1 aliphatic rings. The van der Waals surface area contributed by atoms with Crippen LogP contribution in [-0.2, 0) is 24.2 Å². The van der Waals surface area contributed by atoms with Crippen molar-refractivity contribution in [2.45, 2.75) is 64.3 Å². The number of benzene rings is 2. The van der Waals surface area contributed by atoms with Crippen LogP contribution in [0.2, 0.25) is 0 Å². The van der Waals surface area contributed by atoms with Crippen LogP contribution in [0.5, 0.6) is 11.5 Å². The van der Waals surface area contributed by atoms with E-state index < -0.39 is 0 Å². The Hall–Kier alpha value is -3.02. The van der Waals surface area contributed by atoms with Crippen molar-refractivity contribution in [2.24, 2.45) is 5.92 Å². The van der Waals surface area contributed by atoms with Crippen molar-refractivity contribution in [3.8, 4) is 11.5 Å². The number of hydrogen-bond acceptors (Lipinski definition) is 4. The normalized spacial score (nSPS) is 14.3. The summed E-state index contributed by atoms with van der Waals surface area (Å²) in [6.45, 7) is 1.67. The van der Waals surface area contributed by atoms with Crippen molar-refractivity contribution in [3.63, 3.8) is 0 Å². The van der Waals surface area contributed by atoms with Gasteiger partial charge in [0.25, 0.3) is 0 Å². The molecule has 2 aromatic carbocycles. The zero-order valence-corrected chi connectivity index (χ0v) is 20.5. The first kappa shape index (κ1) is 24.1. The van der Waals surface area contributed by atoms with Gasteiger partial charge in [-0.3, -0.25) is 4.79 Å². The van der Waals surface area contributed by atoms with Gasteiger partial charge in [0, 0.05) is 19.5 Å². The molecule has 1 aliphatic carbocycles. The van der Waals surface area contributed by atoms with Crippen LogP contribution in [0.1, 0.15) is 56.3 Å². The molecule has 4 rings (SSSR count). The Kier molecular flexibility index (Phi) is 8.45. The highest BCUT2D eigenvalue weighted by molar-refractivity contribution is 5.78. The number of nitrogens with zero attached hydrogens (tertiary/aromatic N) is 2. The molecule has 34 heavy (non-hydrogen) atoms. The zero-order valence-electron chi connectivity index (χ0n) is 20.5. The molecule has 0 unspecified atom stereocenters. The number of rotatable bonds is 11. The van der Waals surface area contributed by atoms with Gasteiger partial charge in [-0.05, 0) is 48.6 Å². The molecule has 0 bridgehead atoms. The molecule has 182 valence electrons. The summed E-state index contributed by atoms with van der Waals surface area (Å²) in [5.41, 5.74) is 3.20. The van der Waals surface area contributed by atoms with Crippen LogP contribution in [-0.4, -0.2) is 36.2 Å². The Balaban J connectivity index is 1.30. The highest BCUT2D eigenvalue weighted by Crippen LogP contribution is 2.29. The topological polar surface area (TPSA) is 65.4 Å². The third-order valence-corrected chi connectivity index (χ3v) is 6.93. The summed E-state index contributed by atoms with van der Waals surface area (Å²) in [4.78, 5) is 17.4. The lowest BCUT2D eigenvalue weighted by Gasteiger charge is -2.22. The SMILES string of the molecule is COc1ccc(CC(=O)NCCCc2nc3ccccc3n2CCC2CCCCC2)cc1OC. The Morgan fingerprint density at radius 1 is 1.06 bits per heavy atom. The van der Waals surface area contributed by atoms with Crippen LogP contribution in [0.15, 0.2) is 42.5 Å². The van der Waals surface area contributed by atoms with Crippen LogP contribution in [0.4, 0.5) is 0 Å². The van der Waals surface area contributed by atoms with Crippen LogP contribution in [0.25, 0.3) is 11.0 Å². The van der Waals surface area contributed by atoms with Crippen molar-refractivity contribution in [2.75, 3.05) is 20.8 Å². The molecule has 0 spiro atoms. The molecule has 1 heterocycles. The van der Waals surface area contributed by atoms with Gasteiger partial charge in [-0.2, -0.15) is 0 Å². The van der Waals surface area contributed by atoms with E-state index in [0.717, 1.165) is 42.2 Å². The molecule has 6 heteroatoms. The number of aromatic nitrogens is 2. The van der Waals surface area contributed by atoms with Crippen molar-refractivity contribution in [3.05, 3.63) is 53.9 Å². The summed E-state index contributed by atoms with van der Waals surface area (Å²) in [6.07, 6.45) is 10.2. The van der Waals surface area contributed by atoms with Gasteiger partial charge in [0.2, 0.25) is 5.91 Å². The minimum atomic E-state index is 0.0121. The minimum Gasteiger partial charge on any atom is -0.493 e. The fourth-order valence-corrected chi connectivity index (χ4v) is 5.07. The molecule has 0 radical (unpaired) electrons. The smallest absolute Gasteiger partial charge is 0.224 e. The fraction of sp³-hybridized carbons (Fsp3) is 0.500. The first-order valence-corrected chi connectivity index (χ1v) is 12.6. The number of imidazole rings is 1. The average Bonchev–Trinajstić information content (AvgIpc) is 3.23. The zero-order chi connectivity index (χ0) is 23.8. The van der Waals surface area contributed by atoms with Gasteiger partial charge >= 0.3 is 0 Å². The lowest BCUT2D eigenvalue weighted by atomic mass is 9.87. The number of ether oxygens (including phenoxy) is 2. The van der Waals surface area contributed by atoms with Crippen molar-refractivity contribution in [1.82, 2.24) is 14.9 Å². The second-order valence-corrected chi connectivity index (χ2v) is 9.28. The molecular formula is C28H37N3O3. The summed E-state index contributed by atoms with van der Waals surface area (Å²) in [5.74, 6) is 3.29. The molecule has 1 N–H and O–H groups in total. The molecule has 1 aromatic heterocycles. The van der Waals surface area contributed by atoms with Gasteiger partial charge in [-0.15, -0.1) is 0 Å². The number of carbonyl (C=O) groups is 1. The molecule has 0 aliphatic heterocycles. The second-order valence-electron chi connectivity index (χ2n) is 9.28.